The number of carbonyl (C=O) groups is 1. The van der Waals surface area contributed by atoms with Gasteiger partial charge in [0.2, 0.25) is 0 Å². The zero-order valence-corrected chi connectivity index (χ0v) is 16.8. The van der Waals surface area contributed by atoms with Crippen molar-refractivity contribution in [3.8, 4) is 28.5 Å². The van der Waals surface area contributed by atoms with E-state index in [0.717, 1.165) is 5.56 Å². The van der Waals surface area contributed by atoms with Crippen LogP contribution in [0.2, 0.25) is 5.02 Å². The molecule has 0 amide bonds. The van der Waals surface area contributed by atoms with Crippen LogP contribution in [0.5, 0.6) is 17.2 Å². The molecule has 0 atom stereocenters. The van der Waals surface area contributed by atoms with Crippen molar-refractivity contribution < 1.29 is 24.1 Å². The van der Waals surface area contributed by atoms with E-state index in [9.17, 15) is 9.90 Å². The van der Waals surface area contributed by atoms with Crippen LogP contribution in [0.4, 0.5) is 0 Å². The van der Waals surface area contributed by atoms with Crippen molar-refractivity contribution in [1.82, 2.24) is 4.98 Å². The molecular formula is C22H20ClNO5. The van der Waals surface area contributed by atoms with E-state index >= 15 is 0 Å². The minimum absolute atomic E-state index is 0.0179. The maximum atomic E-state index is 11.6. The molecule has 29 heavy (non-hydrogen) atoms. The second-order valence-electron chi connectivity index (χ2n) is 6.04. The van der Waals surface area contributed by atoms with Gasteiger partial charge in [-0.2, -0.15) is 0 Å². The molecule has 3 rings (SSSR count). The average Bonchev–Trinajstić information content (AvgIpc) is 2.72. The molecule has 0 fully saturated rings. The van der Waals surface area contributed by atoms with Crippen LogP contribution in [-0.2, 0) is 6.61 Å². The van der Waals surface area contributed by atoms with Crippen molar-refractivity contribution in [3.05, 3.63) is 70.9 Å². The van der Waals surface area contributed by atoms with Gasteiger partial charge in [0.1, 0.15) is 23.9 Å². The lowest BCUT2D eigenvalue weighted by Crippen LogP contribution is -2.09. The zero-order valence-electron chi connectivity index (χ0n) is 16.0. The van der Waals surface area contributed by atoms with Gasteiger partial charge in [-0.15, -0.1) is 0 Å². The Morgan fingerprint density at radius 3 is 2.59 bits per heavy atom. The van der Waals surface area contributed by atoms with Gasteiger partial charge in [-0.3, -0.25) is 0 Å². The molecule has 6 nitrogen and oxygen atoms in total. The van der Waals surface area contributed by atoms with Gasteiger partial charge in [-0.1, -0.05) is 17.7 Å². The minimum atomic E-state index is -1.08. The molecule has 150 valence electrons. The first kappa shape index (κ1) is 20.5. The molecular weight excluding hydrogens is 394 g/mol. The standard InChI is InChI=1S/C22H20ClNO5/c1-3-28-21-12-15(27-2)7-8-17(21)19-10-9-18(22(25)26)20(24-19)13-29-16-6-4-5-14(23)11-16/h4-12H,3,13H2,1-2H3,(H,25,26). The van der Waals surface area contributed by atoms with Crippen molar-refractivity contribution in [2.75, 3.05) is 13.7 Å². The number of rotatable bonds is 8. The molecule has 0 unspecified atom stereocenters. The molecule has 1 aromatic heterocycles. The number of halogens is 1. The topological polar surface area (TPSA) is 77.9 Å². The molecule has 7 heteroatoms. The van der Waals surface area contributed by atoms with Gasteiger partial charge in [0.25, 0.3) is 0 Å². The average molecular weight is 414 g/mol. The SMILES string of the molecule is CCOc1cc(OC)ccc1-c1ccc(C(=O)O)c(COc2cccc(Cl)c2)n1. The van der Waals surface area contributed by atoms with Gasteiger partial charge < -0.3 is 19.3 Å². The third kappa shape index (κ3) is 4.97. The van der Waals surface area contributed by atoms with Crippen molar-refractivity contribution >= 4 is 17.6 Å². The maximum Gasteiger partial charge on any atom is 0.337 e. The summed E-state index contributed by atoms with van der Waals surface area (Å²) in [4.78, 5) is 16.2. The summed E-state index contributed by atoms with van der Waals surface area (Å²) >= 11 is 5.97. The minimum Gasteiger partial charge on any atom is -0.497 e. The number of benzene rings is 2. The van der Waals surface area contributed by atoms with E-state index in [4.69, 9.17) is 25.8 Å². The second kappa shape index (κ2) is 9.30. The van der Waals surface area contributed by atoms with Gasteiger partial charge in [-0.25, -0.2) is 9.78 Å². The Morgan fingerprint density at radius 1 is 1.07 bits per heavy atom. The fraction of sp³-hybridized carbons (Fsp3) is 0.182. The molecule has 0 aliphatic rings. The molecule has 0 aliphatic carbocycles. The zero-order chi connectivity index (χ0) is 20.8. The molecule has 1 N–H and O–H groups in total. The normalized spacial score (nSPS) is 10.4. The maximum absolute atomic E-state index is 11.6. The first-order valence-corrected chi connectivity index (χ1v) is 9.32. The highest BCUT2D eigenvalue weighted by Gasteiger charge is 2.16. The van der Waals surface area contributed by atoms with E-state index in [1.807, 2.05) is 13.0 Å². The summed E-state index contributed by atoms with van der Waals surface area (Å²) in [6.45, 7) is 2.34. The van der Waals surface area contributed by atoms with Crippen LogP contribution in [0.3, 0.4) is 0 Å². The first-order chi connectivity index (χ1) is 14.0. The Bertz CT molecular complexity index is 1020. The Labute approximate surface area is 173 Å². The van der Waals surface area contributed by atoms with E-state index in [0.29, 0.717) is 40.3 Å². The molecule has 0 saturated carbocycles. The van der Waals surface area contributed by atoms with Gasteiger partial charge in [0.05, 0.1) is 30.7 Å². The Kier molecular flexibility index (Phi) is 6.57. The number of aromatic carboxylic acids is 1. The predicted molar refractivity (Wildman–Crippen MR) is 110 cm³/mol. The molecule has 1 heterocycles. The smallest absolute Gasteiger partial charge is 0.337 e. The van der Waals surface area contributed by atoms with Crippen LogP contribution in [0.1, 0.15) is 23.0 Å². The number of aromatic nitrogens is 1. The molecule has 0 bridgehead atoms. The molecule has 2 aromatic carbocycles. The number of methoxy groups -OCH3 is 1. The van der Waals surface area contributed by atoms with E-state index < -0.39 is 5.97 Å². The Hall–Kier alpha value is -3.25. The predicted octanol–water partition coefficient (Wildman–Crippen LogP) is 5.09. The highest BCUT2D eigenvalue weighted by molar-refractivity contribution is 6.30. The second-order valence-corrected chi connectivity index (χ2v) is 6.47. The summed E-state index contributed by atoms with van der Waals surface area (Å²) < 4.78 is 16.7. The number of hydrogen-bond donors (Lipinski definition) is 1. The highest BCUT2D eigenvalue weighted by Crippen LogP contribution is 2.33. The van der Waals surface area contributed by atoms with Crippen LogP contribution in [-0.4, -0.2) is 29.8 Å². The highest BCUT2D eigenvalue weighted by atomic mass is 35.5. The number of carboxylic acid groups (broad SMARTS) is 1. The lowest BCUT2D eigenvalue weighted by atomic mass is 10.1. The molecule has 0 saturated heterocycles. The third-order valence-electron chi connectivity index (χ3n) is 4.14. The summed E-state index contributed by atoms with van der Waals surface area (Å²) in [5.74, 6) is 0.710. The number of hydrogen-bond acceptors (Lipinski definition) is 5. The molecule has 3 aromatic rings. The Morgan fingerprint density at radius 2 is 1.90 bits per heavy atom. The largest absolute Gasteiger partial charge is 0.497 e. The lowest BCUT2D eigenvalue weighted by molar-refractivity contribution is 0.0693. The number of carboxylic acids is 1. The summed E-state index contributed by atoms with van der Waals surface area (Å²) in [7, 11) is 1.58. The molecule has 0 aliphatic heterocycles. The monoisotopic (exact) mass is 413 g/mol. The van der Waals surface area contributed by atoms with Crippen LogP contribution in [0.15, 0.2) is 54.6 Å². The van der Waals surface area contributed by atoms with Crippen LogP contribution in [0, 0.1) is 0 Å². The fourth-order valence-corrected chi connectivity index (χ4v) is 2.96. The summed E-state index contributed by atoms with van der Waals surface area (Å²) in [6.07, 6.45) is 0. The number of nitrogens with zero attached hydrogens (tertiary/aromatic N) is 1. The van der Waals surface area contributed by atoms with Gasteiger partial charge in [-0.05, 0) is 49.4 Å². The van der Waals surface area contributed by atoms with Gasteiger partial charge in [0, 0.05) is 16.7 Å². The third-order valence-corrected chi connectivity index (χ3v) is 4.38. The van der Waals surface area contributed by atoms with E-state index in [2.05, 4.69) is 4.98 Å². The van der Waals surface area contributed by atoms with Crippen molar-refractivity contribution in [3.63, 3.8) is 0 Å². The van der Waals surface area contributed by atoms with E-state index in [-0.39, 0.29) is 12.2 Å². The van der Waals surface area contributed by atoms with Crippen LogP contribution < -0.4 is 14.2 Å². The van der Waals surface area contributed by atoms with E-state index in [1.165, 1.54) is 6.07 Å². The van der Waals surface area contributed by atoms with Crippen LogP contribution >= 0.6 is 11.6 Å². The molecule has 0 radical (unpaired) electrons. The number of ether oxygens (including phenoxy) is 3. The van der Waals surface area contributed by atoms with Crippen molar-refractivity contribution in [2.24, 2.45) is 0 Å². The quantitative estimate of drug-likeness (QED) is 0.554. The van der Waals surface area contributed by atoms with Gasteiger partial charge >= 0.3 is 5.97 Å². The lowest BCUT2D eigenvalue weighted by Gasteiger charge is -2.14. The van der Waals surface area contributed by atoms with Crippen molar-refractivity contribution in [1.29, 1.82) is 0 Å². The first-order valence-electron chi connectivity index (χ1n) is 8.94. The van der Waals surface area contributed by atoms with Crippen molar-refractivity contribution in [2.45, 2.75) is 13.5 Å². The summed E-state index contributed by atoms with van der Waals surface area (Å²) in [5.41, 5.74) is 1.68. The summed E-state index contributed by atoms with van der Waals surface area (Å²) in [5, 5.41) is 10.0. The number of pyridine rings is 1. The van der Waals surface area contributed by atoms with Crippen LogP contribution in [0.25, 0.3) is 11.3 Å². The van der Waals surface area contributed by atoms with Gasteiger partial charge in [0.15, 0.2) is 0 Å². The fourth-order valence-electron chi connectivity index (χ4n) is 2.78. The summed E-state index contributed by atoms with van der Waals surface area (Å²) in [6, 6.07) is 15.4. The molecule has 0 spiro atoms. The van der Waals surface area contributed by atoms with E-state index in [1.54, 1.807) is 49.6 Å². The Balaban J connectivity index is 1.97.